The van der Waals surface area contributed by atoms with E-state index in [1.165, 1.54) is 6.07 Å². The van der Waals surface area contributed by atoms with Gasteiger partial charge in [0.05, 0.1) is 31.2 Å². The Bertz CT molecular complexity index is 1070. The van der Waals surface area contributed by atoms with Gasteiger partial charge in [0.15, 0.2) is 5.54 Å². The lowest BCUT2D eigenvalue weighted by Gasteiger charge is -2.51. The molecule has 2 aliphatic heterocycles. The fraction of sp³-hybridized carbons (Fsp3) is 0.421. The Balaban J connectivity index is 2.05. The fourth-order valence-corrected chi connectivity index (χ4v) is 6.80. The molecule has 2 saturated heterocycles. The number of hydrogen-bond donors (Lipinski definition) is 1. The second-order valence-corrected chi connectivity index (χ2v) is 9.93. The Kier molecular flexibility index (Phi) is 4.29. The standard InChI is InChI=1S/C19H19N3O5S2/c1-9-15(28)21-16(9)29-18(3,4)19(21,17(23)24)13-10(2)27-20-14(13)11-7-5-6-8-12(11)22(25)26/h5-9,16H,1-4H3,(H,23,24)/t9-,16-,19+/m1/s1. The molecule has 3 heterocycles. The van der Waals surface area contributed by atoms with Gasteiger partial charge in [0, 0.05) is 12.0 Å². The normalized spacial score (nSPS) is 27.4. The van der Waals surface area contributed by atoms with E-state index >= 15 is 0 Å². The number of aryl methyl sites for hydroxylation is 1. The number of hydrogen-bond acceptors (Lipinski definition) is 7. The Morgan fingerprint density at radius 2 is 2.07 bits per heavy atom. The second kappa shape index (κ2) is 6.27. The van der Waals surface area contributed by atoms with Gasteiger partial charge in [-0.2, -0.15) is 0 Å². The summed E-state index contributed by atoms with van der Waals surface area (Å²) < 4.78 is 4.62. The van der Waals surface area contributed by atoms with Gasteiger partial charge in [0.25, 0.3) is 5.69 Å². The lowest BCUT2D eigenvalue weighted by Crippen LogP contribution is -2.67. The molecule has 1 aromatic carbocycles. The first kappa shape index (κ1) is 19.8. The number of rotatable bonds is 4. The van der Waals surface area contributed by atoms with Crippen molar-refractivity contribution in [3.05, 3.63) is 45.7 Å². The minimum absolute atomic E-state index is 0.0603. The highest BCUT2D eigenvalue weighted by molar-refractivity contribution is 8.01. The van der Waals surface area contributed by atoms with Crippen molar-refractivity contribution in [3.8, 4) is 11.3 Å². The van der Waals surface area contributed by atoms with Crippen LogP contribution in [0.5, 0.6) is 0 Å². The fourth-order valence-electron chi connectivity index (χ4n) is 4.50. The zero-order valence-corrected chi connectivity index (χ0v) is 17.8. The van der Waals surface area contributed by atoms with E-state index in [1.54, 1.807) is 41.8 Å². The predicted octanol–water partition coefficient (Wildman–Crippen LogP) is 3.97. The number of carboxylic acids is 1. The number of nitrogens with zero attached hydrogens (tertiary/aromatic N) is 3. The largest absolute Gasteiger partial charge is 0.479 e. The number of carboxylic acid groups (broad SMARTS) is 1. The summed E-state index contributed by atoms with van der Waals surface area (Å²) >= 11 is 7.09. The Morgan fingerprint density at radius 1 is 1.41 bits per heavy atom. The highest BCUT2D eigenvalue weighted by Gasteiger charge is 2.72. The van der Waals surface area contributed by atoms with Gasteiger partial charge in [-0.25, -0.2) is 4.79 Å². The van der Waals surface area contributed by atoms with E-state index in [-0.39, 0.29) is 28.2 Å². The van der Waals surface area contributed by atoms with E-state index in [9.17, 15) is 20.0 Å². The van der Waals surface area contributed by atoms with Gasteiger partial charge in [-0.05, 0) is 26.8 Å². The quantitative estimate of drug-likeness (QED) is 0.435. The summed E-state index contributed by atoms with van der Waals surface area (Å²) in [5.74, 6) is -0.722. The summed E-state index contributed by atoms with van der Waals surface area (Å²) in [6, 6.07) is 6.12. The van der Waals surface area contributed by atoms with Crippen LogP contribution in [-0.4, -0.2) is 41.2 Å². The molecule has 2 aromatic rings. The predicted molar refractivity (Wildman–Crippen MR) is 112 cm³/mol. The smallest absolute Gasteiger partial charge is 0.336 e. The molecule has 0 radical (unpaired) electrons. The van der Waals surface area contributed by atoms with Gasteiger partial charge < -0.3 is 14.5 Å². The summed E-state index contributed by atoms with van der Waals surface area (Å²) in [4.78, 5) is 26.3. The van der Waals surface area contributed by atoms with Crippen molar-refractivity contribution in [2.24, 2.45) is 5.92 Å². The lowest BCUT2D eigenvalue weighted by atomic mass is 9.73. The zero-order valence-electron chi connectivity index (χ0n) is 16.2. The van der Waals surface area contributed by atoms with Crippen molar-refractivity contribution in [1.29, 1.82) is 0 Å². The summed E-state index contributed by atoms with van der Waals surface area (Å²) in [6.45, 7) is 7.32. The third kappa shape index (κ3) is 2.35. The van der Waals surface area contributed by atoms with Crippen LogP contribution >= 0.6 is 24.0 Å². The minimum Gasteiger partial charge on any atom is -0.479 e. The number of para-hydroxylation sites is 1. The van der Waals surface area contributed by atoms with Crippen LogP contribution < -0.4 is 0 Å². The molecular formula is C19H19N3O5S2. The Morgan fingerprint density at radius 3 is 2.69 bits per heavy atom. The summed E-state index contributed by atoms with van der Waals surface area (Å²) in [7, 11) is 0. The number of thiocarbonyl (C=S) groups is 1. The summed E-state index contributed by atoms with van der Waals surface area (Å²) in [5, 5.41) is 26.1. The minimum atomic E-state index is -1.56. The van der Waals surface area contributed by atoms with E-state index in [1.807, 2.05) is 20.8 Å². The first-order chi connectivity index (χ1) is 13.6. The average molecular weight is 434 g/mol. The number of nitro groups is 1. The van der Waals surface area contributed by atoms with Gasteiger partial charge in [-0.1, -0.05) is 36.4 Å². The second-order valence-electron chi connectivity index (χ2n) is 7.77. The molecule has 0 bridgehead atoms. The molecule has 8 nitrogen and oxygen atoms in total. The van der Waals surface area contributed by atoms with Crippen LogP contribution in [0.1, 0.15) is 32.1 Å². The molecule has 0 unspecified atom stereocenters. The number of benzene rings is 1. The van der Waals surface area contributed by atoms with Gasteiger partial charge in [-0.15, -0.1) is 11.8 Å². The molecule has 4 rings (SSSR count). The zero-order chi connectivity index (χ0) is 21.3. The molecule has 2 fully saturated rings. The monoisotopic (exact) mass is 433 g/mol. The number of aliphatic carboxylic acids is 1. The van der Waals surface area contributed by atoms with E-state index in [0.29, 0.717) is 16.3 Å². The average Bonchev–Trinajstić information content (AvgIpc) is 3.14. The molecule has 1 N–H and O–H groups in total. The van der Waals surface area contributed by atoms with Crippen LogP contribution in [-0.2, 0) is 10.3 Å². The number of thioether (sulfide) groups is 1. The van der Waals surface area contributed by atoms with Crippen LogP contribution in [0.4, 0.5) is 5.69 Å². The van der Waals surface area contributed by atoms with E-state index in [4.69, 9.17) is 16.7 Å². The maximum Gasteiger partial charge on any atom is 0.336 e. The molecule has 0 spiro atoms. The SMILES string of the molecule is Cc1onc(-c2ccccc2[N+](=O)[O-])c1[C@@]1(C(=O)O)N2C(=S)[C@@H](C)[C@H]2SC1(C)C. The number of aromatic nitrogens is 1. The molecule has 0 amide bonds. The van der Waals surface area contributed by atoms with E-state index < -0.39 is 21.2 Å². The molecule has 1 aromatic heterocycles. The third-order valence-corrected chi connectivity index (χ3v) is 8.16. The van der Waals surface area contributed by atoms with Crippen molar-refractivity contribution in [3.63, 3.8) is 0 Å². The lowest BCUT2D eigenvalue weighted by molar-refractivity contribution is -0.384. The Hall–Kier alpha value is -2.46. The third-order valence-electron chi connectivity index (χ3n) is 5.85. The van der Waals surface area contributed by atoms with Crippen molar-refractivity contribution in [2.75, 3.05) is 0 Å². The van der Waals surface area contributed by atoms with Crippen LogP contribution in [0.3, 0.4) is 0 Å². The molecule has 0 aliphatic carbocycles. The molecule has 0 saturated carbocycles. The highest BCUT2D eigenvalue weighted by atomic mass is 32.2. The van der Waals surface area contributed by atoms with Crippen LogP contribution in [0, 0.1) is 23.0 Å². The number of fused-ring (bicyclic) bond motifs is 1. The summed E-state index contributed by atoms with van der Waals surface area (Å²) in [6.07, 6.45) is 0. The summed E-state index contributed by atoms with van der Waals surface area (Å²) in [5.41, 5.74) is -1.03. The molecule has 2 aliphatic rings. The van der Waals surface area contributed by atoms with Crippen molar-refractivity contribution >= 4 is 40.6 Å². The number of carbonyl (C=O) groups is 1. The number of nitro benzene ring substituents is 1. The maximum atomic E-state index is 12.9. The molecule has 10 heteroatoms. The first-order valence-electron chi connectivity index (χ1n) is 9.00. The molecule has 29 heavy (non-hydrogen) atoms. The van der Waals surface area contributed by atoms with E-state index in [0.717, 1.165) is 0 Å². The topological polar surface area (TPSA) is 110 Å². The van der Waals surface area contributed by atoms with E-state index in [2.05, 4.69) is 5.16 Å². The van der Waals surface area contributed by atoms with Crippen molar-refractivity contribution < 1.29 is 19.3 Å². The Labute approximate surface area is 176 Å². The molecular weight excluding hydrogens is 414 g/mol. The molecule has 3 atom stereocenters. The van der Waals surface area contributed by atoms with Crippen molar-refractivity contribution in [1.82, 2.24) is 10.1 Å². The maximum absolute atomic E-state index is 12.9. The first-order valence-corrected chi connectivity index (χ1v) is 10.3. The molecule has 152 valence electrons. The highest BCUT2D eigenvalue weighted by Crippen LogP contribution is 2.64. The van der Waals surface area contributed by atoms with Crippen LogP contribution in [0.25, 0.3) is 11.3 Å². The van der Waals surface area contributed by atoms with Gasteiger partial charge in [0.2, 0.25) is 0 Å². The van der Waals surface area contributed by atoms with Crippen LogP contribution in [0.15, 0.2) is 28.8 Å². The van der Waals surface area contributed by atoms with Crippen molar-refractivity contribution in [2.45, 2.75) is 43.4 Å². The van der Waals surface area contributed by atoms with Crippen LogP contribution in [0.2, 0.25) is 0 Å². The van der Waals surface area contributed by atoms with Gasteiger partial charge in [0.1, 0.15) is 11.5 Å². The van der Waals surface area contributed by atoms with Gasteiger partial charge in [-0.3, -0.25) is 10.1 Å². The van der Waals surface area contributed by atoms with Gasteiger partial charge >= 0.3 is 5.97 Å².